The molecular weight excluding hydrogens is 394 g/mol. The minimum atomic E-state index is -3.94. The molecule has 0 bridgehead atoms. The van der Waals surface area contributed by atoms with Gasteiger partial charge in [0, 0.05) is 18.8 Å². The van der Waals surface area contributed by atoms with Crippen LogP contribution in [0.3, 0.4) is 0 Å². The van der Waals surface area contributed by atoms with Crippen molar-refractivity contribution in [2.75, 3.05) is 30.8 Å². The molecule has 1 aliphatic rings. The summed E-state index contributed by atoms with van der Waals surface area (Å²) in [5.41, 5.74) is 3.60. The van der Waals surface area contributed by atoms with Crippen molar-refractivity contribution in [2.45, 2.75) is 25.7 Å². The Morgan fingerprint density at radius 2 is 1.86 bits per heavy atom. The number of fused-ring (bicyclic) bond motifs is 1. The summed E-state index contributed by atoms with van der Waals surface area (Å²) >= 11 is 0. The van der Waals surface area contributed by atoms with E-state index in [-0.39, 0.29) is 29.7 Å². The van der Waals surface area contributed by atoms with Crippen LogP contribution in [0.1, 0.15) is 16.7 Å². The molecule has 2 aromatic carbocycles. The van der Waals surface area contributed by atoms with Crippen molar-refractivity contribution in [1.29, 1.82) is 0 Å². The predicted molar refractivity (Wildman–Crippen MR) is 110 cm³/mol. The number of ether oxygens (including phenoxy) is 1. The van der Waals surface area contributed by atoms with Gasteiger partial charge in [0.1, 0.15) is 5.75 Å². The number of amides is 2. The van der Waals surface area contributed by atoms with Gasteiger partial charge in [-0.05, 0) is 55.7 Å². The molecule has 2 N–H and O–H groups in total. The first-order chi connectivity index (χ1) is 13.6. The molecule has 1 heterocycles. The number of carbonyl (C=O) groups is 2. The summed E-state index contributed by atoms with van der Waals surface area (Å²) in [4.78, 5) is 23.8. The smallest absolute Gasteiger partial charge is 0.262 e. The zero-order valence-corrected chi connectivity index (χ0v) is 17.5. The quantitative estimate of drug-likeness (QED) is 0.776. The molecular formula is C20H23N3O5S. The molecule has 0 fully saturated rings. The summed E-state index contributed by atoms with van der Waals surface area (Å²) in [7, 11) is -2.60. The van der Waals surface area contributed by atoms with Gasteiger partial charge in [-0.25, -0.2) is 8.42 Å². The van der Waals surface area contributed by atoms with E-state index in [2.05, 4.69) is 10.6 Å². The summed E-state index contributed by atoms with van der Waals surface area (Å²) in [6.07, 6.45) is 0. The molecule has 0 aromatic heterocycles. The van der Waals surface area contributed by atoms with Crippen LogP contribution in [0.25, 0.3) is 0 Å². The Kier molecular flexibility index (Phi) is 5.63. The van der Waals surface area contributed by atoms with Crippen LogP contribution in [0.4, 0.5) is 11.4 Å². The first-order valence-corrected chi connectivity index (χ1v) is 10.4. The van der Waals surface area contributed by atoms with Crippen molar-refractivity contribution >= 4 is 33.2 Å². The Morgan fingerprint density at radius 3 is 2.55 bits per heavy atom. The van der Waals surface area contributed by atoms with Crippen LogP contribution < -0.4 is 15.4 Å². The highest BCUT2D eigenvalue weighted by Gasteiger charge is 2.28. The largest absolute Gasteiger partial charge is 0.482 e. The number of carbonyl (C=O) groups excluding carboxylic acids is 2. The molecule has 2 aromatic rings. The van der Waals surface area contributed by atoms with Crippen LogP contribution in [0.5, 0.6) is 5.75 Å². The Labute approximate surface area is 169 Å². The maximum absolute atomic E-state index is 13.0. The van der Waals surface area contributed by atoms with E-state index in [4.69, 9.17) is 4.74 Å². The van der Waals surface area contributed by atoms with Gasteiger partial charge in [-0.15, -0.1) is 0 Å². The van der Waals surface area contributed by atoms with E-state index in [9.17, 15) is 18.0 Å². The van der Waals surface area contributed by atoms with Crippen LogP contribution in [0.2, 0.25) is 0 Å². The number of sulfonamides is 1. The minimum absolute atomic E-state index is 0.0221. The summed E-state index contributed by atoms with van der Waals surface area (Å²) < 4.78 is 32.3. The molecule has 1 aliphatic heterocycles. The van der Waals surface area contributed by atoms with Gasteiger partial charge < -0.3 is 15.4 Å². The second-order valence-corrected chi connectivity index (χ2v) is 9.07. The monoisotopic (exact) mass is 417 g/mol. The lowest BCUT2D eigenvalue weighted by molar-refractivity contribution is -0.118. The topological polar surface area (TPSA) is 105 Å². The van der Waals surface area contributed by atoms with E-state index in [0.717, 1.165) is 15.4 Å². The third-order valence-corrected chi connectivity index (χ3v) is 6.70. The molecule has 0 spiro atoms. The number of nitrogens with one attached hydrogen (secondary N) is 2. The molecule has 0 aliphatic carbocycles. The van der Waals surface area contributed by atoms with E-state index in [1.807, 2.05) is 26.0 Å². The first-order valence-electron chi connectivity index (χ1n) is 8.98. The second kappa shape index (κ2) is 7.84. The maximum atomic E-state index is 13.0. The lowest BCUT2D eigenvalue weighted by atomic mass is 10.1. The fraction of sp³-hybridized carbons (Fsp3) is 0.300. The summed E-state index contributed by atoms with van der Waals surface area (Å²) in [6.45, 7) is 5.01. The molecule has 0 radical (unpaired) electrons. The Morgan fingerprint density at radius 1 is 1.14 bits per heavy atom. The van der Waals surface area contributed by atoms with Crippen molar-refractivity contribution in [2.24, 2.45) is 0 Å². The molecule has 154 valence electrons. The first kappa shape index (κ1) is 20.8. The highest BCUT2D eigenvalue weighted by Crippen LogP contribution is 2.33. The standard InChI is InChI=1S/C20H23N3O5S/c1-12-5-6-15(7-13(12)2)21-19(24)10-23(4)29(26,27)18-9-17-16(8-14(18)3)22-20(25)11-28-17/h5-9H,10-11H2,1-4H3,(H,21,24)(H,22,25). The van der Waals surface area contributed by atoms with E-state index in [1.54, 1.807) is 19.1 Å². The number of likely N-dealkylation sites (N-methyl/N-ethyl adjacent to an activating group) is 1. The summed E-state index contributed by atoms with van der Waals surface area (Å²) in [5, 5.41) is 5.36. The van der Waals surface area contributed by atoms with Crippen molar-refractivity contribution in [1.82, 2.24) is 4.31 Å². The van der Waals surface area contributed by atoms with Crippen molar-refractivity contribution in [3.05, 3.63) is 47.0 Å². The Bertz CT molecular complexity index is 1100. The van der Waals surface area contributed by atoms with Crippen LogP contribution in [-0.2, 0) is 19.6 Å². The number of aryl methyl sites for hydroxylation is 3. The van der Waals surface area contributed by atoms with Gasteiger partial charge in [0.15, 0.2) is 6.61 Å². The van der Waals surface area contributed by atoms with Gasteiger partial charge in [0.25, 0.3) is 5.91 Å². The van der Waals surface area contributed by atoms with E-state index < -0.39 is 15.9 Å². The fourth-order valence-corrected chi connectivity index (χ4v) is 4.31. The predicted octanol–water partition coefficient (Wildman–Crippen LogP) is 2.20. The van der Waals surface area contributed by atoms with Gasteiger partial charge in [-0.2, -0.15) is 4.31 Å². The maximum Gasteiger partial charge on any atom is 0.262 e. The van der Waals surface area contributed by atoms with Crippen LogP contribution >= 0.6 is 0 Å². The van der Waals surface area contributed by atoms with Crippen molar-refractivity contribution in [3.63, 3.8) is 0 Å². The zero-order valence-electron chi connectivity index (χ0n) is 16.7. The lowest BCUT2D eigenvalue weighted by Crippen LogP contribution is -2.35. The normalized spacial score (nSPS) is 13.5. The van der Waals surface area contributed by atoms with Crippen LogP contribution in [-0.4, -0.2) is 44.7 Å². The van der Waals surface area contributed by atoms with E-state index in [1.165, 1.54) is 13.1 Å². The fourth-order valence-electron chi connectivity index (χ4n) is 2.97. The molecule has 8 nitrogen and oxygen atoms in total. The second-order valence-electron chi connectivity index (χ2n) is 7.06. The lowest BCUT2D eigenvalue weighted by Gasteiger charge is -2.22. The van der Waals surface area contributed by atoms with Crippen molar-refractivity contribution in [3.8, 4) is 5.75 Å². The van der Waals surface area contributed by atoms with E-state index >= 15 is 0 Å². The molecule has 0 saturated heterocycles. The van der Waals surface area contributed by atoms with Crippen LogP contribution in [0.15, 0.2) is 35.2 Å². The molecule has 0 unspecified atom stereocenters. The van der Waals surface area contributed by atoms with Crippen molar-refractivity contribution < 1.29 is 22.7 Å². The van der Waals surface area contributed by atoms with E-state index in [0.29, 0.717) is 16.9 Å². The molecule has 2 amide bonds. The number of anilines is 2. The molecule has 9 heteroatoms. The molecule has 3 rings (SSSR count). The average Bonchev–Trinajstić information content (AvgIpc) is 2.63. The zero-order chi connectivity index (χ0) is 21.3. The van der Waals surface area contributed by atoms with Gasteiger partial charge in [-0.1, -0.05) is 6.07 Å². The highest BCUT2D eigenvalue weighted by atomic mass is 32.2. The van der Waals surface area contributed by atoms with Gasteiger partial charge in [-0.3, -0.25) is 9.59 Å². The number of nitrogens with zero attached hydrogens (tertiary/aromatic N) is 1. The third-order valence-electron chi connectivity index (χ3n) is 4.76. The van der Waals surface area contributed by atoms with Crippen LogP contribution in [0, 0.1) is 20.8 Å². The van der Waals surface area contributed by atoms with Gasteiger partial charge in [0.05, 0.1) is 17.1 Å². The summed E-state index contributed by atoms with van der Waals surface area (Å²) in [6, 6.07) is 8.41. The minimum Gasteiger partial charge on any atom is -0.482 e. The number of benzene rings is 2. The third kappa shape index (κ3) is 4.41. The summed E-state index contributed by atoms with van der Waals surface area (Å²) in [5.74, 6) is -0.465. The highest BCUT2D eigenvalue weighted by molar-refractivity contribution is 7.89. The number of rotatable bonds is 5. The molecule has 29 heavy (non-hydrogen) atoms. The average molecular weight is 417 g/mol. The SMILES string of the molecule is Cc1ccc(NC(=O)CN(C)S(=O)(=O)c2cc3c(cc2C)NC(=O)CO3)cc1C. The number of hydrogen-bond acceptors (Lipinski definition) is 5. The number of hydrogen-bond donors (Lipinski definition) is 2. The molecule has 0 saturated carbocycles. The Balaban J connectivity index is 1.77. The Hall–Kier alpha value is -2.91. The van der Waals surface area contributed by atoms with Gasteiger partial charge in [0.2, 0.25) is 15.9 Å². The molecule has 0 atom stereocenters. The van der Waals surface area contributed by atoms with Gasteiger partial charge >= 0.3 is 0 Å².